The quantitative estimate of drug-likeness (QED) is 0.437. The molecule has 3 N–H and O–H groups in total. The first-order valence-electron chi connectivity index (χ1n) is 5.34. The minimum Gasteiger partial charge on any atom is -0.480 e. The predicted octanol–water partition coefficient (Wildman–Crippen LogP) is -0.503. The minimum absolute atomic E-state index is 0.0912. The monoisotopic (exact) mass is 264 g/mol. The third kappa shape index (κ3) is 2.80. The summed E-state index contributed by atoms with van der Waals surface area (Å²) in [4.78, 5) is 22.8. The van der Waals surface area contributed by atoms with Crippen molar-refractivity contribution in [1.82, 2.24) is 15.2 Å². The molecule has 0 aromatic carbocycles. The van der Waals surface area contributed by atoms with E-state index < -0.39 is 5.91 Å². The van der Waals surface area contributed by atoms with E-state index >= 15 is 0 Å². The molecule has 0 unspecified atom stereocenters. The molecule has 0 saturated carbocycles. The van der Waals surface area contributed by atoms with Crippen LogP contribution in [0.25, 0.3) is 0 Å². The highest BCUT2D eigenvalue weighted by atomic mass is 16.5. The number of furan rings is 1. The molecule has 2 heterocycles. The van der Waals surface area contributed by atoms with Crippen LogP contribution in [-0.2, 0) is 6.54 Å². The summed E-state index contributed by atoms with van der Waals surface area (Å²) >= 11 is 0. The Morgan fingerprint density at radius 1 is 1.58 bits per heavy atom. The number of ether oxygens (including phenoxy) is 1. The molecular formula is C11H12N4O4. The number of rotatable bonds is 4. The van der Waals surface area contributed by atoms with Crippen LogP contribution in [0.5, 0.6) is 5.88 Å². The first-order valence-corrected chi connectivity index (χ1v) is 5.34. The second-order valence-corrected chi connectivity index (χ2v) is 3.65. The van der Waals surface area contributed by atoms with E-state index in [9.17, 15) is 9.59 Å². The number of hydrogen-bond acceptors (Lipinski definition) is 6. The lowest BCUT2D eigenvalue weighted by Gasteiger charge is -2.03. The van der Waals surface area contributed by atoms with Gasteiger partial charge in [0.1, 0.15) is 18.6 Å². The molecule has 2 rings (SSSR count). The van der Waals surface area contributed by atoms with Crippen LogP contribution in [0.15, 0.2) is 33.7 Å². The lowest BCUT2D eigenvalue weighted by molar-refractivity contribution is 0.0953. The van der Waals surface area contributed by atoms with E-state index in [-0.39, 0.29) is 17.7 Å². The molecule has 0 spiro atoms. The van der Waals surface area contributed by atoms with E-state index in [1.54, 1.807) is 0 Å². The number of hydrogen-bond donors (Lipinski definition) is 2. The SMILES string of the molecule is COc1ccc(=O)n(Cc2cc(C(=O)NN)co2)n1. The number of methoxy groups -OCH3 is 1. The summed E-state index contributed by atoms with van der Waals surface area (Å²) in [5, 5.41) is 3.96. The van der Waals surface area contributed by atoms with Crippen molar-refractivity contribution >= 4 is 5.91 Å². The van der Waals surface area contributed by atoms with Crippen LogP contribution in [-0.4, -0.2) is 22.8 Å². The van der Waals surface area contributed by atoms with Crippen LogP contribution in [0.2, 0.25) is 0 Å². The molecule has 0 radical (unpaired) electrons. The molecule has 0 aliphatic carbocycles. The molecule has 2 aromatic rings. The van der Waals surface area contributed by atoms with Crippen molar-refractivity contribution in [3.05, 3.63) is 46.1 Å². The fraction of sp³-hybridized carbons (Fsp3) is 0.182. The van der Waals surface area contributed by atoms with Crippen LogP contribution in [0.3, 0.4) is 0 Å². The maximum atomic E-state index is 11.6. The summed E-state index contributed by atoms with van der Waals surface area (Å²) < 4.78 is 11.3. The maximum absolute atomic E-state index is 11.6. The summed E-state index contributed by atoms with van der Waals surface area (Å²) in [6, 6.07) is 4.28. The van der Waals surface area contributed by atoms with Crippen molar-refractivity contribution in [1.29, 1.82) is 0 Å². The Balaban J connectivity index is 2.23. The zero-order valence-electron chi connectivity index (χ0n) is 10.1. The molecule has 2 aromatic heterocycles. The molecule has 19 heavy (non-hydrogen) atoms. The number of nitrogens with two attached hydrogens (primary N) is 1. The smallest absolute Gasteiger partial charge is 0.268 e. The Kier molecular flexibility index (Phi) is 3.62. The van der Waals surface area contributed by atoms with Crippen molar-refractivity contribution in [2.75, 3.05) is 7.11 Å². The summed E-state index contributed by atoms with van der Waals surface area (Å²) in [5.41, 5.74) is 1.95. The Bertz CT molecular complexity index is 646. The number of aromatic nitrogens is 2. The minimum atomic E-state index is -0.471. The fourth-order valence-electron chi connectivity index (χ4n) is 1.47. The van der Waals surface area contributed by atoms with Gasteiger partial charge in [-0.25, -0.2) is 10.5 Å². The fourth-order valence-corrected chi connectivity index (χ4v) is 1.47. The second-order valence-electron chi connectivity index (χ2n) is 3.65. The molecule has 0 bridgehead atoms. The van der Waals surface area contributed by atoms with Gasteiger partial charge in [0.2, 0.25) is 5.88 Å². The summed E-state index contributed by atoms with van der Waals surface area (Å²) in [5.74, 6) is 5.25. The first-order chi connectivity index (χ1) is 9.13. The van der Waals surface area contributed by atoms with Crippen molar-refractivity contribution in [3.63, 3.8) is 0 Å². The van der Waals surface area contributed by atoms with Gasteiger partial charge in [-0.2, -0.15) is 0 Å². The summed E-state index contributed by atoms with van der Waals surface area (Å²) in [6.45, 7) is 0.0912. The topological polar surface area (TPSA) is 112 Å². The third-order valence-electron chi connectivity index (χ3n) is 2.40. The number of nitrogens with one attached hydrogen (secondary N) is 1. The van der Waals surface area contributed by atoms with Gasteiger partial charge in [-0.15, -0.1) is 5.10 Å². The Morgan fingerprint density at radius 2 is 2.37 bits per heavy atom. The molecule has 100 valence electrons. The average molecular weight is 264 g/mol. The Morgan fingerprint density at radius 3 is 3.05 bits per heavy atom. The number of carbonyl (C=O) groups excluding carboxylic acids is 1. The number of carbonyl (C=O) groups is 1. The van der Waals surface area contributed by atoms with Crippen molar-refractivity contribution in [2.45, 2.75) is 6.54 Å². The van der Waals surface area contributed by atoms with Gasteiger partial charge < -0.3 is 9.15 Å². The first kappa shape index (κ1) is 12.8. The number of hydrazine groups is 1. The van der Waals surface area contributed by atoms with Crippen LogP contribution in [0.4, 0.5) is 0 Å². The predicted molar refractivity (Wildman–Crippen MR) is 64.5 cm³/mol. The van der Waals surface area contributed by atoms with Gasteiger partial charge in [0.25, 0.3) is 11.5 Å². The molecule has 0 aliphatic heterocycles. The zero-order chi connectivity index (χ0) is 13.8. The standard InChI is InChI=1S/C11H12N4O4/c1-18-9-2-3-10(16)15(14-9)5-8-4-7(6-19-8)11(17)13-12/h2-4,6H,5,12H2,1H3,(H,13,17). The molecule has 0 aliphatic rings. The largest absolute Gasteiger partial charge is 0.480 e. The van der Waals surface area contributed by atoms with Gasteiger partial charge in [-0.05, 0) is 6.07 Å². The highest BCUT2D eigenvalue weighted by molar-refractivity contribution is 5.93. The van der Waals surface area contributed by atoms with Gasteiger partial charge in [0, 0.05) is 12.1 Å². The van der Waals surface area contributed by atoms with Crippen LogP contribution in [0.1, 0.15) is 16.1 Å². The molecular weight excluding hydrogens is 252 g/mol. The van der Waals surface area contributed by atoms with Gasteiger partial charge in [-0.3, -0.25) is 15.0 Å². The highest BCUT2D eigenvalue weighted by Crippen LogP contribution is 2.09. The summed E-state index contributed by atoms with van der Waals surface area (Å²) in [7, 11) is 1.45. The normalized spacial score (nSPS) is 10.2. The lowest BCUT2D eigenvalue weighted by Crippen LogP contribution is -2.29. The lowest BCUT2D eigenvalue weighted by atomic mass is 10.3. The van der Waals surface area contributed by atoms with E-state index in [1.165, 1.54) is 36.3 Å². The zero-order valence-corrected chi connectivity index (χ0v) is 10.1. The highest BCUT2D eigenvalue weighted by Gasteiger charge is 2.10. The van der Waals surface area contributed by atoms with Crippen molar-refractivity contribution in [3.8, 4) is 5.88 Å². The molecule has 1 amide bonds. The average Bonchev–Trinajstić information content (AvgIpc) is 2.89. The molecule has 0 saturated heterocycles. The van der Waals surface area contributed by atoms with E-state index in [1.807, 2.05) is 5.43 Å². The van der Waals surface area contributed by atoms with Crippen LogP contribution in [0, 0.1) is 0 Å². The van der Waals surface area contributed by atoms with E-state index in [0.29, 0.717) is 11.6 Å². The van der Waals surface area contributed by atoms with Crippen molar-refractivity contribution in [2.24, 2.45) is 5.84 Å². The van der Waals surface area contributed by atoms with Crippen LogP contribution >= 0.6 is 0 Å². The molecule has 0 fully saturated rings. The Hall–Kier alpha value is -2.61. The van der Waals surface area contributed by atoms with E-state index in [0.717, 1.165) is 0 Å². The maximum Gasteiger partial charge on any atom is 0.268 e. The van der Waals surface area contributed by atoms with Gasteiger partial charge in [0.05, 0.1) is 12.7 Å². The number of nitrogens with zero attached hydrogens (tertiary/aromatic N) is 2. The van der Waals surface area contributed by atoms with E-state index in [4.69, 9.17) is 15.0 Å². The Labute approximate surface area is 107 Å². The van der Waals surface area contributed by atoms with Gasteiger partial charge in [0.15, 0.2) is 0 Å². The van der Waals surface area contributed by atoms with Crippen LogP contribution < -0.4 is 21.6 Å². The third-order valence-corrected chi connectivity index (χ3v) is 2.40. The second kappa shape index (κ2) is 5.36. The van der Waals surface area contributed by atoms with Gasteiger partial charge >= 0.3 is 0 Å². The molecule has 8 heteroatoms. The summed E-state index contributed by atoms with van der Waals surface area (Å²) in [6.07, 6.45) is 1.25. The molecule has 8 nitrogen and oxygen atoms in total. The van der Waals surface area contributed by atoms with Crippen molar-refractivity contribution < 1.29 is 13.9 Å². The molecule has 0 atom stereocenters. The number of amides is 1. The van der Waals surface area contributed by atoms with E-state index in [2.05, 4.69) is 5.10 Å². The van der Waals surface area contributed by atoms with Gasteiger partial charge in [-0.1, -0.05) is 0 Å². The number of nitrogen functional groups attached to an aromatic ring is 1.